The van der Waals surface area contributed by atoms with E-state index in [9.17, 15) is 14.4 Å². The molecule has 37 heavy (non-hydrogen) atoms. The molecule has 0 spiro atoms. The summed E-state index contributed by atoms with van der Waals surface area (Å²) in [6.45, 7) is 3.19. The Kier molecular flexibility index (Phi) is 6.98. The van der Waals surface area contributed by atoms with Gasteiger partial charge in [0.25, 0.3) is 5.91 Å². The minimum Gasteiger partial charge on any atom is -0.341 e. The number of aliphatic imine (C=N–C) groups is 1. The van der Waals surface area contributed by atoms with Gasteiger partial charge in [-0.05, 0) is 43.5 Å². The van der Waals surface area contributed by atoms with Crippen LogP contribution in [0.3, 0.4) is 0 Å². The van der Waals surface area contributed by atoms with E-state index < -0.39 is 18.1 Å². The Balaban J connectivity index is 1.51. The summed E-state index contributed by atoms with van der Waals surface area (Å²) in [6, 6.07) is 23.8. The number of urea groups is 1. The van der Waals surface area contributed by atoms with Crippen molar-refractivity contribution in [2.75, 3.05) is 29.9 Å². The highest BCUT2D eigenvalue weighted by atomic mass is 16.2. The molecule has 0 aromatic heterocycles. The standard InChI is InChI=1S/C29H29N5O3/c1-20-10-9-13-22(18-20)30-29(37)32-27-28(36)34(19-25(35)33-16-7-8-17-33)24-15-6-5-14-23(24)26(31-27)21-11-3-2-4-12-21/h2-6,9-15,18,27H,7-8,16-17,19H2,1H3,(H2,30,32,37)/t27-/m0/s1. The third-order valence-corrected chi connectivity index (χ3v) is 6.55. The van der Waals surface area contributed by atoms with Crippen LogP contribution in [0.15, 0.2) is 83.9 Å². The molecule has 8 heteroatoms. The molecule has 188 valence electrons. The lowest BCUT2D eigenvalue weighted by atomic mass is 10.0. The maximum atomic E-state index is 13.9. The Morgan fingerprint density at radius 1 is 0.946 bits per heavy atom. The van der Waals surface area contributed by atoms with E-state index in [1.165, 1.54) is 4.90 Å². The number of hydrogen-bond donors (Lipinski definition) is 2. The van der Waals surface area contributed by atoms with Crippen molar-refractivity contribution in [2.45, 2.75) is 25.9 Å². The summed E-state index contributed by atoms with van der Waals surface area (Å²) in [5.74, 6) is -0.586. The van der Waals surface area contributed by atoms with Crippen molar-refractivity contribution in [3.8, 4) is 0 Å². The monoisotopic (exact) mass is 495 g/mol. The van der Waals surface area contributed by atoms with Gasteiger partial charge in [-0.15, -0.1) is 0 Å². The molecule has 0 bridgehead atoms. The summed E-state index contributed by atoms with van der Waals surface area (Å²) < 4.78 is 0. The molecule has 2 aliphatic heterocycles. The first-order chi connectivity index (χ1) is 18.0. The first-order valence-corrected chi connectivity index (χ1v) is 12.5. The third kappa shape index (κ3) is 5.38. The molecule has 8 nitrogen and oxygen atoms in total. The summed E-state index contributed by atoms with van der Waals surface area (Å²) in [7, 11) is 0. The summed E-state index contributed by atoms with van der Waals surface area (Å²) in [6.07, 6.45) is 0.695. The molecule has 5 rings (SSSR count). The molecule has 4 amide bonds. The Morgan fingerprint density at radius 3 is 2.43 bits per heavy atom. The fourth-order valence-electron chi connectivity index (χ4n) is 4.73. The molecule has 0 unspecified atom stereocenters. The average Bonchev–Trinajstić information content (AvgIpc) is 3.42. The predicted octanol–water partition coefficient (Wildman–Crippen LogP) is 3.95. The van der Waals surface area contributed by atoms with Crippen LogP contribution in [-0.4, -0.2) is 54.3 Å². The zero-order valence-electron chi connectivity index (χ0n) is 20.7. The van der Waals surface area contributed by atoms with Crippen molar-refractivity contribution in [3.63, 3.8) is 0 Å². The van der Waals surface area contributed by atoms with E-state index in [-0.39, 0.29) is 12.5 Å². The first kappa shape index (κ1) is 24.2. The SMILES string of the molecule is Cc1cccc(NC(=O)N[C@@H]2N=C(c3ccccc3)c3ccccc3N(CC(=O)N3CCCC3)C2=O)c1. The van der Waals surface area contributed by atoms with Gasteiger partial charge in [0.05, 0.1) is 11.4 Å². The Labute approximate surface area is 216 Å². The van der Waals surface area contributed by atoms with Gasteiger partial charge in [0, 0.05) is 29.9 Å². The number of hydrogen-bond acceptors (Lipinski definition) is 4. The minimum atomic E-state index is -1.22. The molecule has 0 radical (unpaired) electrons. The van der Waals surface area contributed by atoms with Crippen LogP contribution in [0.1, 0.15) is 29.5 Å². The topological polar surface area (TPSA) is 94.1 Å². The van der Waals surface area contributed by atoms with Gasteiger partial charge in [0.2, 0.25) is 12.1 Å². The molecule has 2 N–H and O–H groups in total. The summed E-state index contributed by atoms with van der Waals surface area (Å²) in [5, 5.41) is 5.51. The van der Waals surface area contributed by atoms with Crippen molar-refractivity contribution in [2.24, 2.45) is 4.99 Å². The number of likely N-dealkylation sites (tertiary alicyclic amines) is 1. The highest BCUT2D eigenvalue weighted by molar-refractivity contribution is 6.21. The maximum Gasteiger partial charge on any atom is 0.321 e. The molecular weight excluding hydrogens is 466 g/mol. The van der Waals surface area contributed by atoms with Crippen LogP contribution in [-0.2, 0) is 9.59 Å². The van der Waals surface area contributed by atoms with Gasteiger partial charge in [0.1, 0.15) is 6.54 Å². The number of nitrogens with zero attached hydrogens (tertiary/aromatic N) is 3. The third-order valence-electron chi connectivity index (χ3n) is 6.55. The van der Waals surface area contributed by atoms with Gasteiger partial charge >= 0.3 is 6.03 Å². The number of nitrogens with one attached hydrogen (secondary N) is 2. The van der Waals surface area contributed by atoms with Crippen molar-refractivity contribution in [1.29, 1.82) is 0 Å². The van der Waals surface area contributed by atoms with Gasteiger partial charge in [-0.2, -0.15) is 0 Å². The lowest BCUT2D eigenvalue weighted by molar-refractivity contribution is -0.130. The molecule has 0 aliphatic carbocycles. The van der Waals surface area contributed by atoms with Gasteiger partial charge in [-0.25, -0.2) is 9.79 Å². The molecule has 2 heterocycles. The van der Waals surface area contributed by atoms with Crippen LogP contribution in [0.5, 0.6) is 0 Å². The Bertz CT molecular complexity index is 1350. The number of carbonyl (C=O) groups is 3. The van der Waals surface area contributed by atoms with Gasteiger partial charge < -0.3 is 15.5 Å². The number of rotatable bonds is 5. The Hall–Kier alpha value is -4.46. The molecule has 3 aromatic rings. The summed E-state index contributed by atoms with van der Waals surface area (Å²) in [5.41, 5.74) is 4.29. The van der Waals surface area contributed by atoms with E-state index in [1.54, 1.807) is 11.0 Å². The van der Waals surface area contributed by atoms with Crippen molar-refractivity contribution in [3.05, 3.63) is 95.6 Å². The zero-order valence-corrected chi connectivity index (χ0v) is 20.7. The molecule has 0 saturated carbocycles. The molecule has 1 saturated heterocycles. The summed E-state index contributed by atoms with van der Waals surface area (Å²) in [4.78, 5) is 48.0. The van der Waals surface area contributed by atoms with Crippen LogP contribution in [0.4, 0.5) is 16.2 Å². The fourth-order valence-corrected chi connectivity index (χ4v) is 4.73. The highest BCUT2D eigenvalue weighted by Crippen LogP contribution is 2.28. The van der Waals surface area contributed by atoms with E-state index in [0.29, 0.717) is 30.2 Å². The molecular formula is C29H29N5O3. The smallest absolute Gasteiger partial charge is 0.321 e. The second kappa shape index (κ2) is 10.7. The van der Waals surface area contributed by atoms with Crippen molar-refractivity contribution in [1.82, 2.24) is 10.2 Å². The van der Waals surface area contributed by atoms with Crippen LogP contribution < -0.4 is 15.5 Å². The molecule has 3 aromatic carbocycles. The van der Waals surface area contributed by atoms with Crippen molar-refractivity contribution >= 4 is 34.9 Å². The largest absolute Gasteiger partial charge is 0.341 e. The lowest BCUT2D eigenvalue weighted by Crippen LogP contribution is -2.51. The van der Waals surface area contributed by atoms with Crippen LogP contribution in [0.2, 0.25) is 0 Å². The number of fused-ring (bicyclic) bond motifs is 1. The number of aryl methyl sites for hydroxylation is 1. The van der Waals surface area contributed by atoms with Crippen molar-refractivity contribution < 1.29 is 14.4 Å². The van der Waals surface area contributed by atoms with Crippen LogP contribution in [0.25, 0.3) is 0 Å². The van der Waals surface area contributed by atoms with E-state index in [0.717, 1.165) is 29.5 Å². The number of anilines is 2. The number of amides is 4. The van der Waals surface area contributed by atoms with E-state index in [4.69, 9.17) is 4.99 Å². The van der Waals surface area contributed by atoms with E-state index in [1.807, 2.05) is 79.7 Å². The Morgan fingerprint density at radius 2 is 1.68 bits per heavy atom. The van der Waals surface area contributed by atoms with Gasteiger partial charge in [-0.3, -0.25) is 14.5 Å². The minimum absolute atomic E-state index is 0.119. The van der Waals surface area contributed by atoms with Gasteiger partial charge in [-0.1, -0.05) is 60.7 Å². The van der Waals surface area contributed by atoms with Crippen LogP contribution in [0, 0.1) is 6.92 Å². The molecule has 1 fully saturated rings. The van der Waals surface area contributed by atoms with Crippen LogP contribution >= 0.6 is 0 Å². The van der Waals surface area contributed by atoms with E-state index >= 15 is 0 Å². The van der Waals surface area contributed by atoms with E-state index in [2.05, 4.69) is 10.6 Å². The number of para-hydroxylation sites is 1. The second-order valence-electron chi connectivity index (χ2n) is 9.24. The molecule has 1 atom stereocenters. The summed E-state index contributed by atoms with van der Waals surface area (Å²) >= 11 is 0. The van der Waals surface area contributed by atoms with Gasteiger partial charge in [0.15, 0.2) is 0 Å². The molecule has 2 aliphatic rings. The maximum absolute atomic E-state index is 13.9. The number of benzodiazepines with no additional fused rings is 1. The second-order valence-corrected chi connectivity index (χ2v) is 9.24. The fraction of sp³-hybridized carbons (Fsp3) is 0.241. The normalized spacial score (nSPS) is 17.1. The number of carbonyl (C=O) groups excluding carboxylic acids is 3. The zero-order chi connectivity index (χ0) is 25.8. The predicted molar refractivity (Wildman–Crippen MR) is 144 cm³/mol. The average molecular weight is 496 g/mol. The lowest BCUT2D eigenvalue weighted by Gasteiger charge is -2.27. The first-order valence-electron chi connectivity index (χ1n) is 12.5. The quantitative estimate of drug-likeness (QED) is 0.561. The highest BCUT2D eigenvalue weighted by Gasteiger charge is 2.35. The number of benzene rings is 3.